The van der Waals surface area contributed by atoms with E-state index in [9.17, 15) is 0 Å². The zero-order valence-electron chi connectivity index (χ0n) is 10.4. The molecule has 2 aliphatic carbocycles. The molecule has 2 bridgehead atoms. The van der Waals surface area contributed by atoms with Gasteiger partial charge in [0.1, 0.15) is 0 Å². The Labute approximate surface area is 94.3 Å². The molecule has 0 aromatic carbocycles. The van der Waals surface area contributed by atoms with Gasteiger partial charge in [0.15, 0.2) is 0 Å². The van der Waals surface area contributed by atoms with Crippen molar-refractivity contribution in [2.45, 2.75) is 52.0 Å². The highest BCUT2D eigenvalue weighted by Gasteiger charge is 2.36. The maximum Gasteiger partial charge on any atom is 0.0148 e. The van der Waals surface area contributed by atoms with E-state index in [1.807, 2.05) is 0 Å². The van der Waals surface area contributed by atoms with E-state index in [4.69, 9.17) is 0 Å². The highest BCUT2D eigenvalue weighted by atomic mass is 15.0. The van der Waals surface area contributed by atoms with Crippen molar-refractivity contribution in [1.29, 1.82) is 0 Å². The molecule has 0 heterocycles. The first-order valence-electron chi connectivity index (χ1n) is 6.60. The molecular weight excluding hydrogens is 182 g/mol. The molecule has 0 aromatic heterocycles. The Balaban J connectivity index is 1.81. The Bertz CT molecular complexity index is 240. The van der Waals surface area contributed by atoms with Crippen LogP contribution in [0.25, 0.3) is 0 Å². The van der Waals surface area contributed by atoms with Gasteiger partial charge < -0.3 is 5.32 Å². The van der Waals surface area contributed by atoms with Crippen molar-refractivity contribution in [1.82, 2.24) is 5.32 Å². The second-order valence-electron chi connectivity index (χ2n) is 5.69. The van der Waals surface area contributed by atoms with Gasteiger partial charge in [0.2, 0.25) is 0 Å². The minimum atomic E-state index is 0.367. The lowest BCUT2D eigenvalue weighted by Gasteiger charge is -2.31. The molecule has 3 atom stereocenters. The molecule has 86 valence electrons. The van der Waals surface area contributed by atoms with Gasteiger partial charge in [0.05, 0.1) is 0 Å². The van der Waals surface area contributed by atoms with Crippen LogP contribution in [0.5, 0.6) is 0 Å². The average molecular weight is 207 g/mol. The van der Waals surface area contributed by atoms with Crippen molar-refractivity contribution in [3.05, 3.63) is 12.2 Å². The summed E-state index contributed by atoms with van der Waals surface area (Å²) >= 11 is 0. The van der Waals surface area contributed by atoms with Gasteiger partial charge >= 0.3 is 0 Å². The molecule has 1 saturated carbocycles. The molecule has 15 heavy (non-hydrogen) atoms. The van der Waals surface area contributed by atoms with Gasteiger partial charge in [-0.25, -0.2) is 0 Å². The second-order valence-corrected chi connectivity index (χ2v) is 5.69. The zero-order valence-corrected chi connectivity index (χ0v) is 10.4. The van der Waals surface area contributed by atoms with Gasteiger partial charge in [0.25, 0.3) is 0 Å². The molecule has 1 fully saturated rings. The lowest BCUT2D eigenvalue weighted by molar-refractivity contribution is 0.289. The molecule has 0 spiro atoms. The number of nitrogens with one attached hydrogen (secondary N) is 1. The monoisotopic (exact) mass is 207 g/mol. The van der Waals surface area contributed by atoms with Gasteiger partial charge in [-0.3, -0.25) is 0 Å². The standard InChI is InChI=1S/C14H25N/c1-4-14(3,5-2)15-10-13-9-11-6-7-12(13)8-11/h6-7,11-13,15H,4-5,8-10H2,1-3H3. The van der Waals surface area contributed by atoms with Crippen molar-refractivity contribution < 1.29 is 0 Å². The van der Waals surface area contributed by atoms with Crippen LogP contribution >= 0.6 is 0 Å². The van der Waals surface area contributed by atoms with Gasteiger partial charge in [-0.15, -0.1) is 0 Å². The van der Waals surface area contributed by atoms with E-state index in [-0.39, 0.29) is 0 Å². The number of hydrogen-bond donors (Lipinski definition) is 1. The largest absolute Gasteiger partial charge is 0.311 e. The third-order valence-corrected chi connectivity index (χ3v) is 4.77. The van der Waals surface area contributed by atoms with Crippen LogP contribution in [0, 0.1) is 17.8 Å². The van der Waals surface area contributed by atoms with Crippen molar-refractivity contribution >= 4 is 0 Å². The summed E-state index contributed by atoms with van der Waals surface area (Å²) in [6.45, 7) is 8.16. The van der Waals surface area contributed by atoms with E-state index < -0.39 is 0 Å². The minimum Gasteiger partial charge on any atom is -0.311 e. The van der Waals surface area contributed by atoms with Gasteiger partial charge in [-0.2, -0.15) is 0 Å². The summed E-state index contributed by atoms with van der Waals surface area (Å²) in [6.07, 6.45) is 10.2. The highest BCUT2D eigenvalue weighted by molar-refractivity contribution is 5.10. The fourth-order valence-corrected chi connectivity index (χ4v) is 3.01. The molecule has 0 radical (unpaired) electrons. The van der Waals surface area contributed by atoms with Crippen LogP contribution in [0.15, 0.2) is 12.2 Å². The van der Waals surface area contributed by atoms with E-state index in [0.29, 0.717) is 5.54 Å². The Hall–Kier alpha value is -0.300. The molecule has 2 aliphatic rings. The third kappa shape index (κ3) is 2.28. The van der Waals surface area contributed by atoms with Crippen molar-refractivity contribution in [3.63, 3.8) is 0 Å². The predicted octanol–water partition coefficient (Wildman–Crippen LogP) is 3.37. The summed E-state index contributed by atoms with van der Waals surface area (Å²) in [5.41, 5.74) is 0.367. The first-order valence-corrected chi connectivity index (χ1v) is 6.60. The van der Waals surface area contributed by atoms with E-state index in [2.05, 4.69) is 38.2 Å². The molecule has 3 unspecified atom stereocenters. The second kappa shape index (κ2) is 4.29. The number of rotatable bonds is 5. The fourth-order valence-electron chi connectivity index (χ4n) is 3.01. The predicted molar refractivity (Wildman–Crippen MR) is 65.8 cm³/mol. The average Bonchev–Trinajstić information content (AvgIpc) is 2.87. The molecule has 0 amide bonds. The molecule has 1 heteroatoms. The Morgan fingerprint density at radius 3 is 2.40 bits per heavy atom. The summed E-state index contributed by atoms with van der Waals surface area (Å²) < 4.78 is 0. The summed E-state index contributed by atoms with van der Waals surface area (Å²) in [6, 6.07) is 0. The van der Waals surface area contributed by atoms with E-state index >= 15 is 0 Å². The van der Waals surface area contributed by atoms with Crippen LogP contribution in [0.2, 0.25) is 0 Å². The third-order valence-electron chi connectivity index (χ3n) is 4.77. The van der Waals surface area contributed by atoms with Crippen molar-refractivity contribution in [3.8, 4) is 0 Å². The quantitative estimate of drug-likeness (QED) is 0.682. The topological polar surface area (TPSA) is 12.0 Å². The van der Waals surface area contributed by atoms with Gasteiger partial charge in [0, 0.05) is 5.54 Å². The van der Waals surface area contributed by atoms with Crippen LogP contribution in [-0.4, -0.2) is 12.1 Å². The number of fused-ring (bicyclic) bond motifs is 2. The molecule has 0 saturated heterocycles. The Kier molecular flexibility index (Phi) is 3.20. The Morgan fingerprint density at radius 2 is 1.93 bits per heavy atom. The van der Waals surface area contributed by atoms with Crippen molar-refractivity contribution in [2.75, 3.05) is 6.54 Å². The number of allylic oxidation sites excluding steroid dienone is 2. The minimum absolute atomic E-state index is 0.367. The van der Waals surface area contributed by atoms with Crippen LogP contribution < -0.4 is 5.32 Å². The van der Waals surface area contributed by atoms with Gasteiger partial charge in [-0.05, 0) is 56.9 Å². The Morgan fingerprint density at radius 1 is 1.20 bits per heavy atom. The summed E-state index contributed by atoms with van der Waals surface area (Å²) in [7, 11) is 0. The van der Waals surface area contributed by atoms with Crippen LogP contribution in [0.3, 0.4) is 0 Å². The first kappa shape index (κ1) is 11.2. The lowest BCUT2D eigenvalue weighted by atomic mass is 9.90. The van der Waals surface area contributed by atoms with Crippen LogP contribution in [0.1, 0.15) is 46.5 Å². The lowest BCUT2D eigenvalue weighted by Crippen LogP contribution is -2.44. The normalized spacial score (nSPS) is 33.9. The molecule has 2 rings (SSSR count). The molecular formula is C14H25N. The van der Waals surface area contributed by atoms with E-state index in [0.717, 1.165) is 17.8 Å². The van der Waals surface area contributed by atoms with Gasteiger partial charge in [-0.1, -0.05) is 26.0 Å². The number of hydrogen-bond acceptors (Lipinski definition) is 1. The highest BCUT2D eigenvalue weighted by Crippen LogP contribution is 2.43. The maximum absolute atomic E-state index is 3.79. The van der Waals surface area contributed by atoms with E-state index in [1.165, 1.54) is 32.2 Å². The molecule has 0 aliphatic heterocycles. The smallest absolute Gasteiger partial charge is 0.0148 e. The van der Waals surface area contributed by atoms with Crippen LogP contribution in [0.4, 0.5) is 0 Å². The zero-order chi connectivity index (χ0) is 10.9. The first-order chi connectivity index (χ1) is 7.17. The fraction of sp³-hybridized carbons (Fsp3) is 0.857. The molecule has 1 N–H and O–H groups in total. The summed E-state index contributed by atoms with van der Waals surface area (Å²) in [5, 5.41) is 3.79. The van der Waals surface area contributed by atoms with Crippen LogP contribution in [-0.2, 0) is 0 Å². The van der Waals surface area contributed by atoms with E-state index in [1.54, 1.807) is 0 Å². The van der Waals surface area contributed by atoms with Crippen molar-refractivity contribution in [2.24, 2.45) is 17.8 Å². The summed E-state index contributed by atoms with van der Waals surface area (Å²) in [4.78, 5) is 0. The molecule has 1 nitrogen and oxygen atoms in total. The molecule has 0 aromatic rings. The summed E-state index contributed by atoms with van der Waals surface area (Å²) in [5.74, 6) is 2.72. The SMILES string of the molecule is CCC(C)(CC)NCC1CC2C=CC1C2. The maximum atomic E-state index is 3.79.